The van der Waals surface area contributed by atoms with E-state index in [1.165, 1.54) is 35.1 Å². The maximum absolute atomic E-state index is 13.3. The average Bonchev–Trinajstić information content (AvgIpc) is 3.42. The molecule has 0 fully saturated rings. The van der Waals surface area contributed by atoms with Crippen LogP contribution in [-0.4, -0.2) is 38.8 Å². The van der Waals surface area contributed by atoms with Crippen molar-refractivity contribution in [2.75, 3.05) is 12.4 Å². The number of carbonyl (C=O) groups is 2. The van der Waals surface area contributed by atoms with Crippen LogP contribution in [0.2, 0.25) is 0 Å². The Kier molecular flexibility index (Phi) is 6.07. The molecule has 1 amide bonds. The van der Waals surface area contributed by atoms with Crippen molar-refractivity contribution in [2.45, 2.75) is 49.4 Å². The number of thioether (sulfide) groups is 1. The third kappa shape index (κ3) is 4.00. The molecule has 3 heterocycles. The first-order valence-corrected chi connectivity index (χ1v) is 12.7. The number of aromatic nitrogens is 3. The lowest BCUT2D eigenvalue weighted by Gasteiger charge is -2.14. The van der Waals surface area contributed by atoms with Crippen molar-refractivity contribution in [1.82, 2.24) is 14.6 Å². The average molecular weight is 481 g/mol. The zero-order chi connectivity index (χ0) is 22.9. The minimum Gasteiger partial charge on any atom is -0.465 e. The highest BCUT2D eigenvalue weighted by Gasteiger charge is 2.29. The standard InChI is InChI=1S/C24H24N4O3S2/c1-3-17(33-24-27-26-19-13-12-14-8-4-6-10-16(14)28(19)24)21(29)25-22-20(23(30)31-2)15-9-5-7-11-18(15)32-22/h4,6,8,10,12-13,17H,3,5,7,9,11H2,1-2H3,(H,25,29). The first-order valence-electron chi connectivity index (χ1n) is 11.0. The van der Waals surface area contributed by atoms with E-state index in [9.17, 15) is 9.59 Å². The predicted octanol–water partition coefficient (Wildman–Crippen LogP) is 5.12. The van der Waals surface area contributed by atoms with Crippen LogP contribution in [0.1, 0.15) is 47.0 Å². The first kappa shape index (κ1) is 21.9. The normalized spacial score (nSPS) is 14.2. The van der Waals surface area contributed by atoms with Crippen LogP contribution in [0.4, 0.5) is 5.00 Å². The number of ether oxygens (including phenoxy) is 1. The van der Waals surface area contributed by atoms with Crippen molar-refractivity contribution in [3.63, 3.8) is 0 Å². The molecular formula is C24H24N4O3S2. The number of benzene rings is 1. The lowest BCUT2D eigenvalue weighted by atomic mass is 9.95. The number of thiophene rings is 1. The molecule has 1 N–H and O–H groups in total. The molecule has 0 aliphatic heterocycles. The lowest BCUT2D eigenvalue weighted by molar-refractivity contribution is -0.115. The summed E-state index contributed by atoms with van der Waals surface area (Å²) in [5, 5.41) is 13.6. The van der Waals surface area contributed by atoms with Crippen molar-refractivity contribution in [2.24, 2.45) is 0 Å². The Morgan fingerprint density at radius 3 is 2.82 bits per heavy atom. The van der Waals surface area contributed by atoms with Gasteiger partial charge >= 0.3 is 5.97 Å². The first-order chi connectivity index (χ1) is 16.1. The van der Waals surface area contributed by atoms with Crippen LogP contribution in [0.25, 0.3) is 16.6 Å². The number of aryl methyl sites for hydroxylation is 1. The zero-order valence-corrected chi connectivity index (χ0v) is 20.1. The second-order valence-corrected chi connectivity index (χ2v) is 10.3. The molecule has 0 saturated carbocycles. The molecule has 3 aromatic heterocycles. The SMILES string of the molecule is CCC(Sc1nnc2ccc3ccccc3n12)C(=O)Nc1sc2c(c1C(=O)OC)CCCC2. The number of esters is 1. The van der Waals surface area contributed by atoms with Gasteiger partial charge in [0.05, 0.1) is 23.4 Å². The third-order valence-electron chi connectivity index (χ3n) is 5.96. The van der Waals surface area contributed by atoms with Crippen LogP contribution >= 0.6 is 23.1 Å². The number of nitrogens with one attached hydrogen (secondary N) is 1. The largest absolute Gasteiger partial charge is 0.465 e. The van der Waals surface area contributed by atoms with E-state index in [-0.39, 0.29) is 17.1 Å². The van der Waals surface area contributed by atoms with Gasteiger partial charge in [-0.3, -0.25) is 9.20 Å². The molecule has 7 nitrogen and oxygen atoms in total. The number of pyridine rings is 1. The summed E-state index contributed by atoms with van der Waals surface area (Å²) in [7, 11) is 1.38. The van der Waals surface area contributed by atoms with Gasteiger partial charge in [0, 0.05) is 4.88 Å². The Bertz CT molecular complexity index is 1360. The molecule has 1 aliphatic carbocycles. The van der Waals surface area contributed by atoms with Crippen LogP contribution in [-0.2, 0) is 22.4 Å². The van der Waals surface area contributed by atoms with E-state index >= 15 is 0 Å². The minimum atomic E-state index is -0.389. The molecular weight excluding hydrogens is 456 g/mol. The molecule has 1 atom stereocenters. The van der Waals surface area contributed by atoms with E-state index in [0.29, 0.717) is 22.1 Å². The summed E-state index contributed by atoms with van der Waals surface area (Å²) in [6, 6.07) is 12.0. The summed E-state index contributed by atoms with van der Waals surface area (Å²) in [5.74, 6) is -0.538. The van der Waals surface area contributed by atoms with Gasteiger partial charge in [-0.25, -0.2) is 4.79 Å². The highest BCUT2D eigenvalue weighted by Crippen LogP contribution is 2.39. The van der Waals surface area contributed by atoms with E-state index < -0.39 is 0 Å². The second-order valence-electron chi connectivity index (χ2n) is 7.98. The number of rotatable bonds is 6. The van der Waals surface area contributed by atoms with E-state index in [0.717, 1.165) is 47.8 Å². The summed E-state index contributed by atoms with van der Waals surface area (Å²) in [6.07, 6.45) is 4.53. The molecule has 1 unspecified atom stereocenters. The number of carbonyl (C=O) groups excluding carboxylic acids is 2. The fourth-order valence-electron chi connectivity index (χ4n) is 4.30. The topological polar surface area (TPSA) is 85.6 Å². The Labute approximate surface area is 199 Å². The number of methoxy groups -OCH3 is 1. The van der Waals surface area contributed by atoms with Gasteiger partial charge in [0.1, 0.15) is 5.00 Å². The summed E-state index contributed by atoms with van der Waals surface area (Å²) in [5.41, 5.74) is 3.29. The molecule has 9 heteroatoms. The van der Waals surface area contributed by atoms with Gasteiger partial charge in [-0.2, -0.15) is 0 Å². The van der Waals surface area contributed by atoms with Crippen molar-refractivity contribution < 1.29 is 14.3 Å². The Hall–Kier alpha value is -2.91. The van der Waals surface area contributed by atoms with Crippen LogP contribution in [0.5, 0.6) is 0 Å². The van der Waals surface area contributed by atoms with E-state index in [1.807, 2.05) is 47.7 Å². The van der Waals surface area contributed by atoms with Crippen molar-refractivity contribution in [1.29, 1.82) is 0 Å². The molecule has 5 rings (SSSR count). The quantitative estimate of drug-likeness (QED) is 0.305. The summed E-state index contributed by atoms with van der Waals surface area (Å²) < 4.78 is 7.02. The Balaban J connectivity index is 1.44. The summed E-state index contributed by atoms with van der Waals surface area (Å²) in [6.45, 7) is 1.97. The maximum Gasteiger partial charge on any atom is 0.341 e. The highest BCUT2D eigenvalue weighted by atomic mass is 32.2. The maximum atomic E-state index is 13.3. The van der Waals surface area contributed by atoms with E-state index in [1.54, 1.807) is 0 Å². The van der Waals surface area contributed by atoms with Gasteiger partial charge in [-0.1, -0.05) is 36.9 Å². The minimum absolute atomic E-state index is 0.150. The van der Waals surface area contributed by atoms with Gasteiger partial charge in [0.15, 0.2) is 10.8 Å². The number of fused-ring (bicyclic) bond motifs is 4. The summed E-state index contributed by atoms with van der Waals surface area (Å²) in [4.78, 5) is 27.0. The molecule has 1 aromatic carbocycles. The van der Waals surface area contributed by atoms with Gasteiger partial charge < -0.3 is 10.1 Å². The fraction of sp³-hybridized carbons (Fsp3) is 0.333. The Morgan fingerprint density at radius 2 is 2.00 bits per heavy atom. The second kappa shape index (κ2) is 9.15. The van der Waals surface area contributed by atoms with Gasteiger partial charge in [0.25, 0.3) is 0 Å². The molecule has 0 saturated heterocycles. The molecule has 33 heavy (non-hydrogen) atoms. The number of anilines is 1. The van der Waals surface area contributed by atoms with Crippen molar-refractivity contribution in [3.05, 3.63) is 52.4 Å². The number of nitrogens with zero attached hydrogens (tertiary/aromatic N) is 3. The fourth-order valence-corrected chi connectivity index (χ4v) is 6.55. The monoisotopic (exact) mass is 480 g/mol. The van der Waals surface area contributed by atoms with Crippen molar-refractivity contribution >= 4 is 56.5 Å². The van der Waals surface area contributed by atoms with E-state index in [2.05, 4.69) is 15.5 Å². The van der Waals surface area contributed by atoms with Crippen molar-refractivity contribution in [3.8, 4) is 0 Å². The smallest absolute Gasteiger partial charge is 0.341 e. The predicted molar refractivity (Wildman–Crippen MR) is 131 cm³/mol. The molecule has 0 spiro atoms. The number of hydrogen-bond acceptors (Lipinski definition) is 7. The number of para-hydroxylation sites is 1. The van der Waals surface area contributed by atoms with Gasteiger partial charge in [0.2, 0.25) is 5.91 Å². The van der Waals surface area contributed by atoms with Crippen LogP contribution in [0, 0.1) is 0 Å². The number of amides is 1. The van der Waals surface area contributed by atoms with Crippen LogP contribution in [0.15, 0.2) is 41.6 Å². The Morgan fingerprint density at radius 1 is 1.18 bits per heavy atom. The zero-order valence-electron chi connectivity index (χ0n) is 18.5. The van der Waals surface area contributed by atoms with E-state index in [4.69, 9.17) is 4.74 Å². The molecule has 1 aliphatic rings. The third-order valence-corrected chi connectivity index (χ3v) is 8.47. The molecule has 4 aromatic rings. The van der Waals surface area contributed by atoms with Crippen LogP contribution in [0.3, 0.4) is 0 Å². The lowest BCUT2D eigenvalue weighted by Crippen LogP contribution is -2.25. The van der Waals surface area contributed by atoms with Gasteiger partial charge in [-0.15, -0.1) is 21.5 Å². The molecule has 0 radical (unpaired) electrons. The van der Waals surface area contributed by atoms with Gasteiger partial charge in [-0.05, 0) is 61.3 Å². The highest BCUT2D eigenvalue weighted by molar-refractivity contribution is 8.00. The van der Waals surface area contributed by atoms with Crippen LogP contribution < -0.4 is 5.32 Å². The number of hydrogen-bond donors (Lipinski definition) is 1. The molecule has 170 valence electrons. The molecule has 0 bridgehead atoms. The summed E-state index contributed by atoms with van der Waals surface area (Å²) >= 11 is 2.89.